The SMILES string of the molecule is C[C@@H]1CCc2nc(NC(=O)CCN3C(=O)[C@H]4CCCC[C@H]4C3=O)sc2C1. The zero-order valence-corrected chi connectivity index (χ0v) is 15.9. The summed E-state index contributed by atoms with van der Waals surface area (Å²) in [4.78, 5) is 44.3. The predicted octanol–water partition coefficient (Wildman–Crippen LogP) is 2.77. The Kier molecular flexibility index (Phi) is 4.82. The van der Waals surface area contributed by atoms with Gasteiger partial charge in [0.05, 0.1) is 17.5 Å². The van der Waals surface area contributed by atoms with E-state index >= 15 is 0 Å². The number of nitrogens with zero attached hydrogens (tertiary/aromatic N) is 2. The third kappa shape index (κ3) is 3.29. The van der Waals surface area contributed by atoms with Gasteiger partial charge in [0.25, 0.3) is 0 Å². The standard InChI is InChI=1S/C19H25N3O3S/c1-11-6-7-14-15(10-11)26-19(20-14)21-16(23)8-9-22-17(24)12-4-2-3-5-13(12)18(22)25/h11-13H,2-10H2,1H3,(H,20,21,23)/t11-,12-,13+/m1/s1. The summed E-state index contributed by atoms with van der Waals surface area (Å²) in [6, 6.07) is 0. The minimum Gasteiger partial charge on any atom is -0.302 e. The molecule has 0 spiro atoms. The number of thiazole rings is 1. The van der Waals surface area contributed by atoms with Crippen molar-refractivity contribution in [3.8, 4) is 0 Å². The first-order valence-corrected chi connectivity index (χ1v) is 10.5. The Balaban J connectivity index is 1.33. The van der Waals surface area contributed by atoms with E-state index < -0.39 is 0 Å². The number of likely N-dealkylation sites (tertiary alicyclic amines) is 1. The first-order valence-electron chi connectivity index (χ1n) is 9.66. The average molecular weight is 375 g/mol. The summed E-state index contributed by atoms with van der Waals surface area (Å²) in [6.07, 6.45) is 6.93. The third-order valence-corrected chi connectivity index (χ3v) is 6.96. The molecule has 0 unspecified atom stereocenters. The Morgan fingerprint density at radius 1 is 1.19 bits per heavy atom. The molecule has 1 saturated heterocycles. The smallest absolute Gasteiger partial charge is 0.233 e. The molecule has 6 nitrogen and oxygen atoms in total. The van der Waals surface area contributed by atoms with Gasteiger partial charge in [-0.1, -0.05) is 19.8 Å². The number of imide groups is 1. The number of carbonyl (C=O) groups is 3. The van der Waals surface area contributed by atoms with Crippen molar-refractivity contribution in [3.63, 3.8) is 0 Å². The number of hydrogen-bond donors (Lipinski definition) is 1. The summed E-state index contributed by atoms with van der Waals surface area (Å²) in [5.41, 5.74) is 1.11. The largest absolute Gasteiger partial charge is 0.302 e. The molecule has 3 amide bonds. The van der Waals surface area contributed by atoms with Gasteiger partial charge in [0.15, 0.2) is 5.13 Å². The monoisotopic (exact) mass is 375 g/mol. The quantitative estimate of drug-likeness (QED) is 0.821. The average Bonchev–Trinajstić information content (AvgIpc) is 3.12. The first kappa shape index (κ1) is 17.6. The van der Waals surface area contributed by atoms with E-state index in [1.807, 2.05) is 0 Å². The van der Waals surface area contributed by atoms with Gasteiger partial charge in [-0.15, -0.1) is 11.3 Å². The zero-order valence-electron chi connectivity index (χ0n) is 15.1. The van der Waals surface area contributed by atoms with Gasteiger partial charge in [-0.3, -0.25) is 19.3 Å². The molecule has 140 valence electrons. The predicted molar refractivity (Wildman–Crippen MR) is 98.7 cm³/mol. The summed E-state index contributed by atoms with van der Waals surface area (Å²) in [5.74, 6) is 0.0400. The number of fused-ring (bicyclic) bond motifs is 2. The fourth-order valence-corrected chi connectivity index (χ4v) is 5.63. The highest BCUT2D eigenvalue weighted by atomic mass is 32.1. The van der Waals surface area contributed by atoms with Crippen LogP contribution in [0.15, 0.2) is 0 Å². The van der Waals surface area contributed by atoms with Gasteiger partial charge < -0.3 is 5.32 Å². The molecular formula is C19H25N3O3S. The molecule has 2 heterocycles. The highest BCUT2D eigenvalue weighted by Crippen LogP contribution is 2.38. The molecule has 0 bridgehead atoms. The minimum absolute atomic E-state index is 0.0776. The van der Waals surface area contributed by atoms with Gasteiger partial charge in [-0.25, -0.2) is 4.98 Å². The first-order chi connectivity index (χ1) is 12.5. The second-order valence-corrected chi connectivity index (χ2v) is 8.94. The van der Waals surface area contributed by atoms with Crippen molar-refractivity contribution in [2.24, 2.45) is 17.8 Å². The molecule has 0 aromatic carbocycles. The number of anilines is 1. The molecule has 26 heavy (non-hydrogen) atoms. The Morgan fingerprint density at radius 2 is 1.88 bits per heavy atom. The van der Waals surface area contributed by atoms with Crippen LogP contribution in [0.3, 0.4) is 0 Å². The van der Waals surface area contributed by atoms with Crippen LogP contribution in [-0.4, -0.2) is 34.2 Å². The lowest BCUT2D eigenvalue weighted by Crippen LogP contribution is -2.34. The molecule has 1 aromatic rings. The second kappa shape index (κ2) is 7.10. The van der Waals surface area contributed by atoms with E-state index in [4.69, 9.17) is 0 Å². The fourth-order valence-electron chi connectivity index (χ4n) is 4.44. The molecule has 1 saturated carbocycles. The van der Waals surface area contributed by atoms with Crippen LogP contribution in [0.1, 0.15) is 56.0 Å². The lowest BCUT2D eigenvalue weighted by molar-refractivity contribution is -0.140. The second-order valence-electron chi connectivity index (χ2n) is 7.86. The molecular weight excluding hydrogens is 350 g/mol. The lowest BCUT2D eigenvalue weighted by Gasteiger charge is -2.19. The van der Waals surface area contributed by atoms with Gasteiger partial charge in [0.1, 0.15) is 0 Å². The number of rotatable bonds is 4. The van der Waals surface area contributed by atoms with E-state index in [-0.39, 0.29) is 42.5 Å². The van der Waals surface area contributed by atoms with Crippen molar-refractivity contribution in [1.82, 2.24) is 9.88 Å². The van der Waals surface area contributed by atoms with Crippen LogP contribution in [0.2, 0.25) is 0 Å². The third-order valence-electron chi connectivity index (χ3n) is 5.93. The van der Waals surface area contributed by atoms with E-state index in [1.54, 1.807) is 11.3 Å². The molecule has 3 aliphatic rings. The van der Waals surface area contributed by atoms with Crippen LogP contribution in [0, 0.1) is 17.8 Å². The van der Waals surface area contributed by atoms with Crippen molar-refractivity contribution in [2.45, 2.75) is 58.3 Å². The highest BCUT2D eigenvalue weighted by molar-refractivity contribution is 7.15. The van der Waals surface area contributed by atoms with Gasteiger partial charge in [-0.2, -0.15) is 0 Å². The summed E-state index contributed by atoms with van der Waals surface area (Å²) >= 11 is 1.55. The van der Waals surface area contributed by atoms with Crippen LogP contribution in [0.25, 0.3) is 0 Å². The lowest BCUT2D eigenvalue weighted by atomic mass is 9.81. The zero-order chi connectivity index (χ0) is 18.3. The number of amides is 3. The van der Waals surface area contributed by atoms with E-state index in [0.29, 0.717) is 11.0 Å². The molecule has 3 atom stereocenters. The van der Waals surface area contributed by atoms with Crippen molar-refractivity contribution in [1.29, 1.82) is 0 Å². The minimum atomic E-state index is -0.181. The topological polar surface area (TPSA) is 79.4 Å². The maximum atomic E-state index is 12.4. The van der Waals surface area contributed by atoms with E-state index in [1.165, 1.54) is 9.78 Å². The van der Waals surface area contributed by atoms with Gasteiger partial charge >= 0.3 is 0 Å². The van der Waals surface area contributed by atoms with E-state index in [0.717, 1.165) is 50.6 Å². The maximum absolute atomic E-state index is 12.4. The molecule has 1 aromatic heterocycles. The van der Waals surface area contributed by atoms with Crippen molar-refractivity contribution in [3.05, 3.63) is 10.6 Å². The van der Waals surface area contributed by atoms with Crippen LogP contribution < -0.4 is 5.32 Å². The molecule has 2 fully saturated rings. The van der Waals surface area contributed by atoms with E-state index in [2.05, 4.69) is 17.2 Å². The maximum Gasteiger partial charge on any atom is 0.233 e. The summed E-state index contributed by atoms with van der Waals surface area (Å²) < 4.78 is 0. The molecule has 4 rings (SSSR count). The summed E-state index contributed by atoms with van der Waals surface area (Å²) in [7, 11) is 0. The molecule has 1 N–H and O–H groups in total. The normalized spacial score (nSPS) is 28.0. The molecule has 2 aliphatic carbocycles. The molecule has 7 heteroatoms. The summed E-state index contributed by atoms with van der Waals surface area (Å²) in [6.45, 7) is 2.42. The number of hydrogen-bond acceptors (Lipinski definition) is 5. The van der Waals surface area contributed by atoms with Crippen LogP contribution >= 0.6 is 11.3 Å². The number of carbonyl (C=O) groups excluding carboxylic acids is 3. The van der Waals surface area contributed by atoms with Crippen molar-refractivity contribution < 1.29 is 14.4 Å². The van der Waals surface area contributed by atoms with Crippen molar-refractivity contribution in [2.75, 3.05) is 11.9 Å². The fraction of sp³-hybridized carbons (Fsp3) is 0.684. The van der Waals surface area contributed by atoms with Gasteiger partial charge in [0, 0.05) is 17.8 Å². The summed E-state index contributed by atoms with van der Waals surface area (Å²) in [5, 5.41) is 3.49. The Hall–Kier alpha value is -1.76. The highest BCUT2D eigenvalue weighted by Gasteiger charge is 2.47. The molecule has 0 radical (unpaired) electrons. The Bertz CT molecular complexity index is 720. The van der Waals surface area contributed by atoms with Crippen LogP contribution in [0.4, 0.5) is 5.13 Å². The number of aryl methyl sites for hydroxylation is 1. The van der Waals surface area contributed by atoms with Crippen LogP contribution in [-0.2, 0) is 27.2 Å². The number of aromatic nitrogens is 1. The Morgan fingerprint density at radius 3 is 2.58 bits per heavy atom. The van der Waals surface area contributed by atoms with Gasteiger partial charge in [-0.05, 0) is 38.0 Å². The number of nitrogens with one attached hydrogen (secondary N) is 1. The van der Waals surface area contributed by atoms with E-state index in [9.17, 15) is 14.4 Å². The Labute approximate surface area is 157 Å². The van der Waals surface area contributed by atoms with Crippen molar-refractivity contribution >= 4 is 34.2 Å². The van der Waals surface area contributed by atoms with Gasteiger partial charge in [0.2, 0.25) is 17.7 Å². The molecule has 1 aliphatic heterocycles. The van der Waals surface area contributed by atoms with Crippen LogP contribution in [0.5, 0.6) is 0 Å².